The summed E-state index contributed by atoms with van der Waals surface area (Å²) in [7, 11) is 4.72. The van der Waals surface area contributed by atoms with E-state index in [1.165, 1.54) is 34.6 Å². The zero-order chi connectivity index (χ0) is 26.3. The molecule has 0 spiro atoms. The highest BCUT2D eigenvalue weighted by Gasteiger charge is 2.37. The van der Waals surface area contributed by atoms with Gasteiger partial charge in [0.15, 0.2) is 6.29 Å². The van der Waals surface area contributed by atoms with E-state index in [0.717, 1.165) is 24.9 Å². The number of fused-ring (bicyclic) bond motifs is 1. The van der Waals surface area contributed by atoms with E-state index in [1.54, 1.807) is 14.2 Å². The van der Waals surface area contributed by atoms with Gasteiger partial charge in [0, 0.05) is 25.7 Å². The molecule has 2 atom stereocenters. The van der Waals surface area contributed by atoms with Crippen molar-refractivity contribution in [1.82, 2.24) is 5.32 Å². The van der Waals surface area contributed by atoms with E-state index in [4.69, 9.17) is 14.2 Å². The largest absolute Gasteiger partial charge is 0.468 e. The highest BCUT2D eigenvalue weighted by molar-refractivity contribution is 5.88. The molecule has 0 saturated carbocycles. The maximum absolute atomic E-state index is 11.5. The summed E-state index contributed by atoms with van der Waals surface area (Å²) in [5, 5.41) is 5.68. The van der Waals surface area contributed by atoms with Gasteiger partial charge in [-0.25, -0.2) is 0 Å². The van der Waals surface area contributed by atoms with Gasteiger partial charge in [-0.1, -0.05) is 85.8 Å². The number of rotatable bonds is 11. The van der Waals surface area contributed by atoms with E-state index in [-0.39, 0.29) is 30.1 Å². The lowest BCUT2D eigenvalue weighted by Crippen LogP contribution is -2.29. The molecule has 0 amide bonds. The van der Waals surface area contributed by atoms with Gasteiger partial charge in [0.05, 0.1) is 13.7 Å². The molecule has 3 aromatic rings. The molecule has 0 aromatic heterocycles. The quantitative estimate of drug-likeness (QED) is 0.187. The SMILES string of the molecule is COC(=O)CNCCCC1(C)C=CC=C(c2ccc3ccccc3c2)C1c1ccc(C(OC)OC)cc1. The van der Waals surface area contributed by atoms with Crippen molar-refractivity contribution in [1.29, 1.82) is 0 Å². The van der Waals surface area contributed by atoms with E-state index >= 15 is 0 Å². The summed E-state index contributed by atoms with van der Waals surface area (Å²) in [6, 6.07) is 23.8. The third-order valence-electron chi connectivity index (χ3n) is 7.34. The molecule has 2 unspecified atom stereocenters. The summed E-state index contributed by atoms with van der Waals surface area (Å²) in [5.74, 6) is -0.0782. The van der Waals surface area contributed by atoms with Crippen molar-refractivity contribution in [3.63, 3.8) is 0 Å². The number of methoxy groups -OCH3 is 3. The first kappa shape index (κ1) is 26.8. The number of allylic oxidation sites excluding steroid dienone is 4. The molecule has 0 aliphatic heterocycles. The molecule has 0 saturated heterocycles. The van der Waals surface area contributed by atoms with Crippen molar-refractivity contribution in [2.24, 2.45) is 5.41 Å². The van der Waals surface area contributed by atoms with Gasteiger partial charge in [-0.05, 0) is 58.3 Å². The first-order chi connectivity index (χ1) is 18.0. The molecule has 0 radical (unpaired) electrons. The normalized spacial score (nSPS) is 19.3. The number of benzene rings is 3. The second-order valence-corrected chi connectivity index (χ2v) is 9.81. The summed E-state index contributed by atoms with van der Waals surface area (Å²) in [6.45, 7) is 3.32. The van der Waals surface area contributed by atoms with E-state index in [0.29, 0.717) is 0 Å². The number of hydrogen-bond acceptors (Lipinski definition) is 5. The van der Waals surface area contributed by atoms with Gasteiger partial charge in [-0.15, -0.1) is 0 Å². The second kappa shape index (κ2) is 12.3. The van der Waals surface area contributed by atoms with Crippen LogP contribution in [-0.4, -0.2) is 40.4 Å². The fourth-order valence-electron chi connectivity index (χ4n) is 5.41. The highest BCUT2D eigenvalue weighted by atomic mass is 16.7. The van der Waals surface area contributed by atoms with E-state index < -0.39 is 0 Å². The lowest BCUT2D eigenvalue weighted by atomic mass is 9.64. The molecule has 1 aliphatic carbocycles. The third kappa shape index (κ3) is 6.19. The molecule has 1 N–H and O–H groups in total. The van der Waals surface area contributed by atoms with Gasteiger partial charge >= 0.3 is 5.97 Å². The molecule has 5 nitrogen and oxygen atoms in total. The Morgan fingerprint density at radius 2 is 1.70 bits per heavy atom. The molecule has 1 aliphatic rings. The molecule has 0 heterocycles. The van der Waals surface area contributed by atoms with Crippen LogP contribution in [-0.2, 0) is 19.0 Å². The Morgan fingerprint density at radius 1 is 0.973 bits per heavy atom. The molecule has 194 valence electrons. The summed E-state index contributed by atoms with van der Waals surface area (Å²) in [5.41, 5.74) is 4.68. The Kier molecular flexibility index (Phi) is 8.93. The predicted octanol–water partition coefficient (Wildman–Crippen LogP) is 6.42. The molecule has 5 heteroatoms. The van der Waals surface area contributed by atoms with Crippen molar-refractivity contribution in [2.45, 2.75) is 32.0 Å². The summed E-state index contributed by atoms with van der Waals surface area (Å²) in [6.07, 6.45) is 8.31. The molecule has 0 fully saturated rings. The third-order valence-corrected chi connectivity index (χ3v) is 7.34. The summed E-state index contributed by atoms with van der Waals surface area (Å²) >= 11 is 0. The van der Waals surface area contributed by atoms with E-state index in [9.17, 15) is 4.79 Å². The van der Waals surface area contributed by atoms with Crippen LogP contribution < -0.4 is 5.32 Å². The summed E-state index contributed by atoms with van der Waals surface area (Å²) < 4.78 is 15.7. The van der Waals surface area contributed by atoms with Crippen LogP contribution in [0.25, 0.3) is 16.3 Å². The molecule has 4 rings (SSSR count). The topological polar surface area (TPSA) is 56.8 Å². The van der Waals surface area contributed by atoms with Gasteiger partial charge in [0.2, 0.25) is 0 Å². The zero-order valence-corrected chi connectivity index (χ0v) is 22.2. The minimum Gasteiger partial charge on any atom is -0.468 e. The second-order valence-electron chi connectivity index (χ2n) is 9.81. The number of ether oxygens (including phenoxy) is 3. The van der Waals surface area contributed by atoms with Crippen LogP contribution in [0.15, 0.2) is 85.0 Å². The van der Waals surface area contributed by atoms with Crippen LogP contribution in [0.3, 0.4) is 0 Å². The van der Waals surface area contributed by atoms with Crippen LogP contribution in [0, 0.1) is 5.41 Å². The number of carbonyl (C=O) groups is 1. The Bertz CT molecular complexity index is 1260. The van der Waals surface area contributed by atoms with Gasteiger partial charge in [0.1, 0.15) is 0 Å². The minimum atomic E-state index is -0.386. The van der Waals surface area contributed by atoms with Crippen LogP contribution in [0.5, 0.6) is 0 Å². The van der Waals surface area contributed by atoms with Gasteiger partial charge in [0.25, 0.3) is 0 Å². The van der Waals surface area contributed by atoms with Crippen LogP contribution in [0.2, 0.25) is 0 Å². The van der Waals surface area contributed by atoms with Crippen LogP contribution >= 0.6 is 0 Å². The van der Waals surface area contributed by atoms with E-state index in [2.05, 4.69) is 97.2 Å². The van der Waals surface area contributed by atoms with E-state index in [1.807, 2.05) is 0 Å². The Morgan fingerprint density at radius 3 is 2.41 bits per heavy atom. The zero-order valence-electron chi connectivity index (χ0n) is 22.2. The molecule has 3 aromatic carbocycles. The van der Waals surface area contributed by atoms with Gasteiger partial charge in [-0.3, -0.25) is 4.79 Å². The lowest BCUT2D eigenvalue weighted by Gasteiger charge is -2.40. The monoisotopic (exact) mass is 499 g/mol. The van der Waals surface area contributed by atoms with Crippen molar-refractivity contribution in [2.75, 3.05) is 34.4 Å². The first-order valence-corrected chi connectivity index (χ1v) is 12.8. The molecule has 37 heavy (non-hydrogen) atoms. The smallest absolute Gasteiger partial charge is 0.319 e. The average Bonchev–Trinajstić information content (AvgIpc) is 2.93. The number of nitrogens with one attached hydrogen (secondary N) is 1. The molecule has 0 bridgehead atoms. The Hall–Kier alpha value is -3.25. The highest BCUT2D eigenvalue weighted by Crippen LogP contribution is 2.51. The Labute approximate surface area is 220 Å². The minimum absolute atomic E-state index is 0.105. The standard InChI is InChI=1S/C32H37NO4/c1-32(19-8-20-33-22-29(34)35-2)18-7-11-28(27-17-12-23-9-5-6-10-26(23)21-27)30(32)24-13-15-25(16-14-24)31(36-3)37-4/h5-7,9-18,21,30-31,33H,8,19-20,22H2,1-4H3. The fourth-order valence-corrected chi connectivity index (χ4v) is 5.41. The van der Waals surface area contributed by atoms with Crippen molar-refractivity contribution in [3.05, 3.63) is 102 Å². The fraction of sp³-hybridized carbons (Fsp3) is 0.344. The first-order valence-electron chi connectivity index (χ1n) is 12.8. The van der Waals surface area contributed by atoms with Gasteiger partial charge in [-0.2, -0.15) is 0 Å². The lowest BCUT2D eigenvalue weighted by molar-refractivity contribution is -0.139. The van der Waals surface area contributed by atoms with Crippen LogP contribution in [0.1, 0.15) is 48.7 Å². The predicted molar refractivity (Wildman–Crippen MR) is 149 cm³/mol. The van der Waals surface area contributed by atoms with Crippen molar-refractivity contribution in [3.8, 4) is 0 Å². The number of carbonyl (C=O) groups excluding carboxylic acids is 1. The van der Waals surface area contributed by atoms with Crippen LogP contribution in [0.4, 0.5) is 0 Å². The van der Waals surface area contributed by atoms with Crippen molar-refractivity contribution >= 4 is 22.3 Å². The molecular weight excluding hydrogens is 462 g/mol. The summed E-state index contributed by atoms with van der Waals surface area (Å²) in [4.78, 5) is 11.5. The number of hydrogen-bond donors (Lipinski definition) is 1. The maximum atomic E-state index is 11.5. The Balaban J connectivity index is 1.66. The van der Waals surface area contributed by atoms with Gasteiger partial charge < -0.3 is 19.5 Å². The maximum Gasteiger partial charge on any atom is 0.319 e. The van der Waals surface area contributed by atoms with Crippen molar-refractivity contribution < 1.29 is 19.0 Å². The molecular formula is C32H37NO4. The number of esters is 1. The average molecular weight is 500 g/mol.